The summed E-state index contributed by atoms with van der Waals surface area (Å²) in [5, 5.41) is 17.8. The molecule has 10 heteroatoms. The molecule has 0 atom stereocenters. The molecular weight excluding hydrogens is 392 g/mol. The number of nitrogens with zero attached hydrogens (tertiary/aromatic N) is 8. The normalized spacial score (nSPS) is 11.5. The minimum atomic E-state index is 0.666. The Bertz CT molecular complexity index is 635. The lowest BCUT2D eigenvalue weighted by molar-refractivity contribution is 0.324. The fourth-order valence-corrected chi connectivity index (χ4v) is 4.15. The van der Waals surface area contributed by atoms with Gasteiger partial charge in [0.25, 0.3) is 0 Å². The van der Waals surface area contributed by atoms with Crippen molar-refractivity contribution in [2.45, 2.75) is 38.0 Å². The van der Waals surface area contributed by atoms with Crippen molar-refractivity contribution in [2.75, 3.05) is 50.8 Å². The highest BCUT2D eigenvalue weighted by Crippen LogP contribution is 2.19. The second-order valence-electron chi connectivity index (χ2n) is 6.00. The molecule has 0 spiro atoms. The fraction of sp³-hybridized carbons (Fsp3) is 0.667. The maximum atomic E-state index is 4.59. The van der Waals surface area contributed by atoms with Gasteiger partial charge in [0.05, 0.1) is 12.4 Å². The van der Waals surface area contributed by atoms with Crippen LogP contribution in [0.2, 0.25) is 0 Å². The maximum absolute atomic E-state index is 4.59. The van der Waals surface area contributed by atoms with Gasteiger partial charge in [0.1, 0.15) is 11.4 Å². The van der Waals surface area contributed by atoms with Crippen LogP contribution in [0.5, 0.6) is 0 Å². The summed E-state index contributed by atoms with van der Waals surface area (Å²) < 4.78 is 0. The number of hydrogen-bond donors (Lipinski definition) is 0. The highest BCUT2D eigenvalue weighted by Gasteiger charge is 2.09. The molecule has 0 bridgehead atoms. The first-order valence-electron chi connectivity index (χ1n) is 9.80. The van der Waals surface area contributed by atoms with E-state index in [2.05, 4.69) is 67.9 Å². The number of aromatic nitrogens is 6. The van der Waals surface area contributed by atoms with E-state index >= 15 is 0 Å². The first-order chi connectivity index (χ1) is 13.7. The zero-order chi connectivity index (χ0) is 20.2. The van der Waals surface area contributed by atoms with Crippen LogP contribution >= 0.6 is 23.5 Å². The van der Waals surface area contributed by atoms with E-state index in [1.54, 1.807) is 35.9 Å². The van der Waals surface area contributed by atoms with E-state index in [0.29, 0.717) is 21.7 Å². The van der Waals surface area contributed by atoms with Crippen LogP contribution in [-0.4, -0.2) is 90.9 Å². The molecule has 2 heterocycles. The molecule has 0 aliphatic heterocycles. The van der Waals surface area contributed by atoms with Crippen molar-refractivity contribution >= 4 is 23.5 Å². The molecule has 0 fully saturated rings. The molecule has 8 nitrogen and oxygen atoms in total. The molecule has 0 radical (unpaired) electrons. The summed E-state index contributed by atoms with van der Waals surface area (Å²) >= 11 is 3.23. The van der Waals surface area contributed by atoms with Gasteiger partial charge in [-0.3, -0.25) is 0 Å². The minimum Gasteiger partial charge on any atom is -0.303 e. The van der Waals surface area contributed by atoms with Crippen LogP contribution in [-0.2, 0) is 0 Å². The summed E-state index contributed by atoms with van der Waals surface area (Å²) in [6, 6.07) is 0. The van der Waals surface area contributed by atoms with E-state index in [4.69, 9.17) is 0 Å². The zero-order valence-corrected chi connectivity index (χ0v) is 18.8. The molecule has 0 aliphatic carbocycles. The fourth-order valence-electron chi connectivity index (χ4n) is 2.56. The average Bonchev–Trinajstić information content (AvgIpc) is 2.75. The van der Waals surface area contributed by atoms with Gasteiger partial charge >= 0.3 is 0 Å². The Kier molecular flexibility index (Phi) is 10.6. The third-order valence-corrected chi connectivity index (χ3v) is 6.04. The maximum Gasteiger partial charge on any atom is 0.209 e. The minimum absolute atomic E-state index is 0.666. The van der Waals surface area contributed by atoms with Crippen LogP contribution in [0.3, 0.4) is 0 Å². The van der Waals surface area contributed by atoms with Crippen LogP contribution in [0.15, 0.2) is 22.7 Å². The number of thioether (sulfide) groups is 2. The SMILES string of the molecule is CCN(CC)CCSc1nncc(-c2cnnc(SCCN(CC)CC)n2)n1. The quantitative estimate of drug-likeness (QED) is 0.449. The van der Waals surface area contributed by atoms with Gasteiger partial charge in [-0.25, -0.2) is 9.97 Å². The van der Waals surface area contributed by atoms with E-state index in [-0.39, 0.29) is 0 Å². The smallest absolute Gasteiger partial charge is 0.209 e. The van der Waals surface area contributed by atoms with Gasteiger partial charge < -0.3 is 9.80 Å². The second-order valence-corrected chi connectivity index (χ2v) is 8.12. The van der Waals surface area contributed by atoms with Crippen molar-refractivity contribution in [3.05, 3.63) is 12.4 Å². The topological polar surface area (TPSA) is 83.8 Å². The zero-order valence-electron chi connectivity index (χ0n) is 17.2. The van der Waals surface area contributed by atoms with Crippen molar-refractivity contribution in [3.8, 4) is 11.4 Å². The number of hydrogen-bond acceptors (Lipinski definition) is 10. The van der Waals surface area contributed by atoms with Crippen molar-refractivity contribution in [3.63, 3.8) is 0 Å². The van der Waals surface area contributed by atoms with Crippen molar-refractivity contribution in [2.24, 2.45) is 0 Å². The highest BCUT2D eigenvalue weighted by atomic mass is 32.2. The van der Waals surface area contributed by atoms with E-state index in [0.717, 1.165) is 50.8 Å². The highest BCUT2D eigenvalue weighted by molar-refractivity contribution is 7.99. The first kappa shape index (κ1) is 22.9. The second kappa shape index (κ2) is 13.0. The number of rotatable bonds is 13. The Morgan fingerprint density at radius 2 is 1.07 bits per heavy atom. The summed E-state index contributed by atoms with van der Waals surface area (Å²) in [5.41, 5.74) is 1.36. The molecule has 0 saturated carbocycles. The van der Waals surface area contributed by atoms with Crippen molar-refractivity contribution < 1.29 is 0 Å². The van der Waals surface area contributed by atoms with Crippen LogP contribution in [0.1, 0.15) is 27.7 Å². The lowest BCUT2D eigenvalue weighted by atomic mass is 10.3. The van der Waals surface area contributed by atoms with Gasteiger partial charge in [0.15, 0.2) is 0 Å². The molecule has 2 aromatic heterocycles. The van der Waals surface area contributed by atoms with E-state index in [9.17, 15) is 0 Å². The van der Waals surface area contributed by atoms with Crippen LogP contribution in [0, 0.1) is 0 Å². The summed E-state index contributed by atoms with van der Waals surface area (Å²) in [7, 11) is 0. The van der Waals surface area contributed by atoms with Crippen LogP contribution in [0.4, 0.5) is 0 Å². The van der Waals surface area contributed by atoms with Crippen molar-refractivity contribution in [1.29, 1.82) is 0 Å². The van der Waals surface area contributed by atoms with Gasteiger partial charge in [0, 0.05) is 24.6 Å². The molecule has 28 heavy (non-hydrogen) atoms. The first-order valence-corrected chi connectivity index (χ1v) is 11.8. The van der Waals surface area contributed by atoms with Crippen LogP contribution in [0.25, 0.3) is 11.4 Å². The average molecular weight is 423 g/mol. The van der Waals surface area contributed by atoms with Gasteiger partial charge in [-0.2, -0.15) is 10.2 Å². The van der Waals surface area contributed by atoms with Gasteiger partial charge in [-0.1, -0.05) is 51.2 Å². The standard InChI is InChI=1S/C18H30N8S2/c1-5-25(6-2)9-11-27-17-21-15(13-19-23-17)16-14-20-24-18(22-16)28-12-10-26(7-3)8-4/h13-14H,5-12H2,1-4H3. The molecule has 0 aromatic carbocycles. The molecule has 2 rings (SSSR count). The van der Waals surface area contributed by atoms with E-state index in [1.807, 2.05) is 0 Å². The van der Waals surface area contributed by atoms with Gasteiger partial charge in [-0.05, 0) is 26.2 Å². The summed E-state index contributed by atoms with van der Waals surface area (Å²) in [6.07, 6.45) is 3.26. The van der Waals surface area contributed by atoms with Crippen molar-refractivity contribution in [1.82, 2.24) is 40.2 Å². The van der Waals surface area contributed by atoms with E-state index < -0.39 is 0 Å². The molecule has 0 saturated heterocycles. The Balaban J connectivity index is 1.95. The Hall–Kier alpha value is -1.36. The molecule has 154 valence electrons. The van der Waals surface area contributed by atoms with Gasteiger partial charge in [-0.15, -0.1) is 10.2 Å². The monoisotopic (exact) mass is 422 g/mol. The Morgan fingerprint density at radius 1 is 0.679 bits per heavy atom. The van der Waals surface area contributed by atoms with Crippen LogP contribution < -0.4 is 0 Å². The molecule has 0 amide bonds. The van der Waals surface area contributed by atoms with E-state index in [1.165, 1.54) is 0 Å². The predicted octanol–water partition coefficient (Wildman–Crippen LogP) is 2.59. The largest absolute Gasteiger partial charge is 0.303 e. The molecule has 0 N–H and O–H groups in total. The summed E-state index contributed by atoms with van der Waals surface area (Å²) in [6.45, 7) is 14.9. The molecular formula is C18H30N8S2. The predicted molar refractivity (Wildman–Crippen MR) is 116 cm³/mol. The third-order valence-electron chi connectivity index (χ3n) is 4.41. The third kappa shape index (κ3) is 7.57. The summed E-state index contributed by atoms with van der Waals surface area (Å²) in [5.74, 6) is 1.86. The lowest BCUT2D eigenvalue weighted by Gasteiger charge is -2.16. The summed E-state index contributed by atoms with van der Waals surface area (Å²) in [4.78, 5) is 13.9. The van der Waals surface area contributed by atoms with Gasteiger partial charge in [0.2, 0.25) is 10.3 Å². The Labute approximate surface area is 176 Å². The molecule has 2 aromatic rings. The Morgan fingerprint density at radius 3 is 1.43 bits per heavy atom. The lowest BCUT2D eigenvalue weighted by Crippen LogP contribution is -2.25. The molecule has 0 unspecified atom stereocenters. The molecule has 0 aliphatic rings.